The first-order chi connectivity index (χ1) is 12.3. The molecule has 0 aliphatic rings. The molecule has 0 fully saturated rings. The third-order valence-corrected chi connectivity index (χ3v) is 4.15. The van der Waals surface area contributed by atoms with Crippen molar-refractivity contribution in [3.8, 4) is 11.4 Å². The summed E-state index contributed by atoms with van der Waals surface area (Å²) >= 11 is 0. The molecule has 4 aromatic rings. The van der Waals surface area contributed by atoms with Crippen LogP contribution in [0.25, 0.3) is 34.4 Å². The Morgan fingerprint density at radius 2 is 1.44 bits per heavy atom. The molecule has 0 aliphatic carbocycles. The fraction of sp³-hybridized carbons (Fsp3) is 0.0435. The summed E-state index contributed by atoms with van der Waals surface area (Å²) in [6.07, 6.45) is 4.17. The molecule has 2 heteroatoms. The molecule has 0 aliphatic heterocycles. The van der Waals surface area contributed by atoms with Crippen molar-refractivity contribution in [3.63, 3.8) is 0 Å². The zero-order valence-corrected chi connectivity index (χ0v) is 14.1. The maximum absolute atomic E-state index is 4.83. The van der Waals surface area contributed by atoms with Gasteiger partial charge in [0.15, 0.2) is 5.82 Å². The average Bonchev–Trinajstić information content (AvgIpc) is 2.67. The Balaban J connectivity index is 1.88. The van der Waals surface area contributed by atoms with Gasteiger partial charge in [0.1, 0.15) is 0 Å². The van der Waals surface area contributed by atoms with Crippen molar-refractivity contribution in [3.05, 3.63) is 95.7 Å². The molecule has 2 nitrogen and oxygen atoms in total. The molecule has 0 amide bonds. The van der Waals surface area contributed by atoms with Crippen LogP contribution in [-0.2, 0) is 0 Å². The number of benzene rings is 3. The predicted molar refractivity (Wildman–Crippen MR) is 105 cm³/mol. The fourth-order valence-electron chi connectivity index (χ4n) is 2.85. The standard InChI is InChI=1S/C23H18N2/c1-17-12-14-21-20(16-17)22(15-13-18-8-4-2-5-9-18)25-23(24-21)19-10-6-3-7-11-19/h2-16H,1H3/b15-13+. The molecule has 0 atom stereocenters. The van der Waals surface area contributed by atoms with Crippen LogP contribution in [0.15, 0.2) is 78.9 Å². The van der Waals surface area contributed by atoms with Gasteiger partial charge in [-0.2, -0.15) is 0 Å². The summed E-state index contributed by atoms with van der Waals surface area (Å²) in [5.41, 5.74) is 5.30. The largest absolute Gasteiger partial charge is 0.228 e. The summed E-state index contributed by atoms with van der Waals surface area (Å²) in [7, 11) is 0. The first-order valence-corrected chi connectivity index (χ1v) is 8.36. The number of aryl methyl sites for hydroxylation is 1. The second-order valence-electron chi connectivity index (χ2n) is 6.06. The molecule has 1 heterocycles. The predicted octanol–water partition coefficient (Wildman–Crippen LogP) is 5.78. The molecule has 0 saturated heterocycles. The van der Waals surface area contributed by atoms with E-state index in [1.54, 1.807) is 0 Å². The topological polar surface area (TPSA) is 25.8 Å². The van der Waals surface area contributed by atoms with Crippen molar-refractivity contribution < 1.29 is 0 Å². The molecule has 0 N–H and O–H groups in total. The zero-order chi connectivity index (χ0) is 17.1. The van der Waals surface area contributed by atoms with E-state index in [9.17, 15) is 0 Å². The van der Waals surface area contributed by atoms with E-state index >= 15 is 0 Å². The number of hydrogen-bond donors (Lipinski definition) is 0. The molecule has 3 aromatic carbocycles. The number of rotatable bonds is 3. The van der Waals surface area contributed by atoms with Crippen LogP contribution in [-0.4, -0.2) is 9.97 Å². The lowest BCUT2D eigenvalue weighted by Crippen LogP contribution is -1.95. The minimum atomic E-state index is 0.754. The molecule has 25 heavy (non-hydrogen) atoms. The molecule has 0 saturated carbocycles. The number of hydrogen-bond acceptors (Lipinski definition) is 2. The van der Waals surface area contributed by atoms with Crippen molar-refractivity contribution in [1.29, 1.82) is 0 Å². The zero-order valence-electron chi connectivity index (χ0n) is 14.1. The average molecular weight is 322 g/mol. The van der Waals surface area contributed by atoms with E-state index in [2.05, 4.69) is 49.4 Å². The molecule has 0 bridgehead atoms. The van der Waals surface area contributed by atoms with Crippen molar-refractivity contribution in [2.45, 2.75) is 6.92 Å². The highest BCUT2D eigenvalue weighted by molar-refractivity contribution is 5.90. The van der Waals surface area contributed by atoms with Gasteiger partial charge in [-0.1, -0.05) is 78.4 Å². The van der Waals surface area contributed by atoms with Crippen molar-refractivity contribution >= 4 is 23.1 Å². The van der Waals surface area contributed by atoms with Crippen LogP contribution in [0.1, 0.15) is 16.8 Å². The molecule has 0 spiro atoms. The van der Waals surface area contributed by atoms with E-state index < -0.39 is 0 Å². The summed E-state index contributed by atoms with van der Waals surface area (Å²) in [4.78, 5) is 9.59. The van der Waals surface area contributed by atoms with Gasteiger partial charge in [-0.25, -0.2) is 9.97 Å². The van der Waals surface area contributed by atoms with E-state index in [-0.39, 0.29) is 0 Å². The highest BCUT2D eigenvalue weighted by Gasteiger charge is 2.08. The van der Waals surface area contributed by atoms with Crippen LogP contribution in [0.2, 0.25) is 0 Å². The second-order valence-corrected chi connectivity index (χ2v) is 6.06. The Kier molecular flexibility index (Phi) is 4.09. The summed E-state index contributed by atoms with van der Waals surface area (Å²) < 4.78 is 0. The second kappa shape index (κ2) is 6.70. The van der Waals surface area contributed by atoms with Crippen molar-refractivity contribution in [2.24, 2.45) is 0 Å². The first-order valence-electron chi connectivity index (χ1n) is 8.36. The van der Waals surface area contributed by atoms with Crippen LogP contribution < -0.4 is 0 Å². The highest BCUT2D eigenvalue weighted by Crippen LogP contribution is 2.24. The lowest BCUT2D eigenvalue weighted by molar-refractivity contribution is 1.21. The van der Waals surface area contributed by atoms with E-state index in [1.165, 1.54) is 5.56 Å². The number of aromatic nitrogens is 2. The summed E-state index contributed by atoms with van der Waals surface area (Å²) in [6, 6.07) is 26.7. The van der Waals surface area contributed by atoms with Crippen molar-refractivity contribution in [2.75, 3.05) is 0 Å². The minimum absolute atomic E-state index is 0.754. The third kappa shape index (κ3) is 3.33. The molecule has 1 aromatic heterocycles. The maximum Gasteiger partial charge on any atom is 0.160 e. The summed E-state index contributed by atoms with van der Waals surface area (Å²) in [6.45, 7) is 2.09. The van der Waals surface area contributed by atoms with Crippen LogP contribution in [0.3, 0.4) is 0 Å². The summed E-state index contributed by atoms with van der Waals surface area (Å²) in [5.74, 6) is 0.754. The number of fused-ring (bicyclic) bond motifs is 1. The SMILES string of the molecule is Cc1ccc2nc(-c3ccccc3)nc(/C=C/c3ccccc3)c2c1. The van der Waals surface area contributed by atoms with E-state index in [0.29, 0.717) is 0 Å². The van der Waals surface area contributed by atoms with Gasteiger partial charge in [0.25, 0.3) is 0 Å². The van der Waals surface area contributed by atoms with E-state index in [1.807, 2.05) is 48.5 Å². The molecule has 0 radical (unpaired) electrons. The molecular formula is C23H18N2. The smallest absolute Gasteiger partial charge is 0.160 e. The first kappa shape index (κ1) is 15.3. The third-order valence-electron chi connectivity index (χ3n) is 4.15. The highest BCUT2D eigenvalue weighted by atomic mass is 14.9. The van der Waals surface area contributed by atoms with Gasteiger partial charge in [0, 0.05) is 10.9 Å². The van der Waals surface area contributed by atoms with Gasteiger partial charge < -0.3 is 0 Å². The Morgan fingerprint density at radius 1 is 0.720 bits per heavy atom. The van der Waals surface area contributed by atoms with Gasteiger partial charge in [0.05, 0.1) is 11.2 Å². The lowest BCUT2D eigenvalue weighted by atomic mass is 10.1. The minimum Gasteiger partial charge on any atom is -0.228 e. The quantitative estimate of drug-likeness (QED) is 0.478. The monoisotopic (exact) mass is 322 g/mol. The van der Waals surface area contributed by atoms with Gasteiger partial charge in [-0.3, -0.25) is 0 Å². The Morgan fingerprint density at radius 3 is 2.20 bits per heavy atom. The van der Waals surface area contributed by atoms with Gasteiger partial charge in [0.2, 0.25) is 0 Å². The Hall–Kier alpha value is -3.26. The Labute approximate surface area is 147 Å². The van der Waals surface area contributed by atoms with Crippen molar-refractivity contribution in [1.82, 2.24) is 9.97 Å². The van der Waals surface area contributed by atoms with Gasteiger partial charge in [-0.15, -0.1) is 0 Å². The molecule has 4 rings (SSSR count). The molecular weight excluding hydrogens is 304 g/mol. The van der Waals surface area contributed by atoms with Crippen LogP contribution >= 0.6 is 0 Å². The fourth-order valence-corrected chi connectivity index (χ4v) is 2.85. The number of nitrogens with zero attached hydrogens (tertiary/aromatic N) is 2. The lowest BCUT2D eigenvalue weighted by Gasteiger charge is -2.07. The summed E-state index contributed by atoms with van der Waals surface area (Å²) in [5, 5.41) is 1.08. The van der Waals surface area contributed by atoms with Crippen LogP contribution in [0.5, 0.6) is 0 Å². The van der Waals surface area contributed by atoms with E-state index in [0.717, 1.165) is 33.5 Å². The maximum atomic E-state index is 4.83. The Bertz CT molecular complexity index is 1040. The van der Waals surface area contributed by atoms with Gasteiger partial charge >= 0.3 is 0 Å². The normalized spacial score (nSPS) is 11.2. The van der Waals surface area contributed by atoms with E-state index in [4.69, 9.17) is 9.97 Å². The van der Waals surface area contributed by atoms with Crippen LogP contribution in [0, 0.1) is 6.92 Å². The molecule has 120 valence electrons. The van der Waals surface area contributed by atoms with Crippen LogP contribution in [0.4, 0.5) is 0 Å². The van der Waals surface area contributed by atoms with Gasteiger partial charge in [-0.05, 0) is 30.7 Å². The molecule has 0 unspecified atom stereocenters.